The summed E-state index contributed by atoms with van der Waals surface area (Å²) in [6.07, 6.45) is 4.60. The van der Waals surface area contributed by atoms with Gasteiger partial charge < -0.3 is 0 Å². The number of fused-ring (bicyclic) bond motifs is 5. The third-order valence-electron chi connectivity index (χ3n) is 4.14. The molecule has 0 saturated heterocycles. The highest BCUT2D eigenvalue weighted by atomic mass is 79.9. The zero-order valence-electron chi connectivity index (χ0n) is 13.6. The van der Waals surface area contributed by atoms with Crippen LogP contribution in [0.15, 0.2) is 88.9 Å². The van der Waals surface area contributed by atoms with Gasteiger partial charge in [-0.1, -0.05) is 47.3 Å². The van der Waals surface area contributed by atoms with E-state index in [1.54, 1.807) is 24.3 Å². The largest absolute Gasteiger partial charge is 0.276 e. The van der Waals surface area contributed by atoms with Gasteiger partial charge in [0.15, 0.2) is 0 Å². The number of anilines is 1. The Bertz CT molecular complexity index is 1210. The normalized spacial score (nSPS) is 15.4. The number of aromatic nitrogens is 2. The third-order valence-corrected chi connectivity index (χ3v) is 6.39. The summed E-state index contributed by atoms with van der Waals surface area (Å²) >= 11 is 3.44. The summed E-state index contributed by atoms with van der Waals surface area (Å²) in [4.78, 5) is 4.81. The van der Waals surface area contributed by atoms with E-state index in [1.165, 1.54) is 16.5 Å². The van der Waals surface area contributed by atoms with E-state index in [2.05, 4.69) is 34.1 Å². The molecule has 2 heterocycles. The Balaban J connectivity index is 2.18. The van der Waals surface area contributed by atoms with E-state index >= 15 is 0 Å². The van der Waals surface area contributed by atoms with E-state index in [-0.39, 0.29) is 4.90 Å². The minimum atomic E-state index is -3.84. The first-order valence-electron chi connectivity index (χ1n) is 7.77. The van der Waals surface area contributed by atoms with Crippen molar-refractivity contribution in [2.75, 3.05) is 4.31 Å². The van der Waals surface area contributed by atoms with E-state index in [4.69, 9.17) is 0 Å². The third kappa shape index (κ3) is 2.28. The molecule has 0 unspecified atom stereocenters. The molecule has 0 atom stereocenters. The fourth-order valence-electron chi connectivity index (χ4n) is 3.07. The highest BCUT2D eigenvalue weighted by molar-refractivity contribution is 9.10. The molecular formula is C19H14BrN3O2S. The van der Waals surface area contributed by atoms with Crippen LogP contribution in [0.2, 0.25) is 0 Å². The van der Waals surface area contributed by atoms with Crippen molar-refractivity contribution in [1.82, 2.24) is 9.55 Å². The first-order chi connectivity index (χ1) is 12.5. The molecule has 7 heteroatoms. The minimum absolute atomic E-state index is 0.214. The molecular weight excluding hydrogens is 414 g/mol. The number of para-hydroxylation sites is 1. The molecule has 1 aromatic heterocycles. The second kappa shape index (κ2) is 5.96. The minimum Gasteiger partial charge on any atom is -0.276 e. The van der Waals surface area contributed by atoms with Crippen LogP contribution in [0.25, 0.3) is 16.7 Å². The molecule has 1 aliphatic rings. The predicted octanol–water partition coefficient (Wildman–Crippen LogP) is 4.55. The Morgan fingerprint density at radius 3 is 2.65 bits per heavy atom. The molecule has 4 rings (SSSR count). The molecule has 0 saturated carbocycles. The van der Waals surface area contributed by atoms with Crippen LogP contribution >= 0.6 is 15.9 Å². The molecule has 0 radical (unpaired) electrons. The molecule has 0 amide bonds. The van der Waals surface area contributed by atoms with E-state index in [0.717, 1.165) is 9.99 Å². The van der Waals surface area contributed by atoms with Crippen molar-refractivity contribution in [2.45, 2.75) is 4.90 Å². The van der Waals surface area contributed by atoms with Crippen LogP contribution in [0.1, 0.15) is 0 Å². The first-order valence-corrected chi connectivity index (χ1v) is 10.00. The number of sulfonamides is 1. The number of allylic oxidation sites excluding steroid dienone is 3. The second-order valence-electron chi connectivity index (χ2n) is 5.65. The summed E-state index contributed by atoms with van der Waals surface area (Å²) in [5.41, 5.74) is 2.46. The lowest BCUT2D eigenvalue weighted by molar-refractivity contribution is 0.591. The summed E-state index contributed by atoms with van der Waals surface area (Å²) in [6.45, 7) is 7.42. The maximum absolute atomic E-state index is 13.3. The fraction of sp³-hybridized carbons (Fsp3) is 0. The molecule has 0 N–H and O–H groups in total. The first kappa shape index (κ1) is 16.8. The summed E-state index contributed by atoms with van der Waals surface area (Å²) in [6, 6.07) is 12.6. The van der Waals surface area contributed by atoms with Gasteiger partial charge in [0, 0.05) is 4.47 Å². The Labute approximate surface area is 159 Å². The van der Waals surface area contributed by atoms with Gasteiger partial charge >= 0.3 is 0 Å². The van der Waals surface area contributed by atoms with Gasteiger partial charge in [0.05, 0.1) is 22.4 Å². The van der Waals surface area contributed by atoms with Crippen LogP contribution in [0.3, 0.4) is 0 Å². The average Bonchev–Trinajstić information content (AvgIpc) is 2.98. The van der Waals surface area contributed by atoms with Crippen LogP contribution in [0.5, 0.6) is 0 Å². The van der Waals surface area contributed by atoms with E-state index in [1.807, 2.05) is 28.8 Å². The smallest absolute Gasteiger partial charge is 0.273 e. The van der Waals surface area contributed by atoms with Crippen molar-refractivity contribution in [3.63, 3.8) is 0 Å². The summed E-state index contributed by atoms with van der Waals surface area (Å²) in [7, 11) is -3.84. The van der Waals surface area contributed by atoms with Gasteiger partial charge in [0.25, 0.3) is 10.0 Å². The number of hydrogen-bond donors (Lipinski definition) is 0. The zero-order valence-corrected chi connectivity index (χ0v) is 16.0. The van der Waals surface area contributed by atoms with Crippen LogP contribution < -0.4 is 4.31 Å². The highest BCUT2D eigenvalue weighted by Gasteiger charge is 2.38. The quantitative estimate of drug-likeness (QED) is 0.575. The van der Waals surface area contributed by atoms with Crippen LogP contribution in [-0.2, 0) is 10.0 Å². The Morgan fingerprint density at radius 2 is 1.92 bits per heavy atom. The highest BCUT2D eigenvalue weighted by Crippen LogP contribution is 2.40. The molecule has 130 valence electrons. The zero-order chi connectivity index (χ0) is 18.5. The molecule has 2 aromatic carbocycles. The van der Waals surface area contributed by atoms with Crippen molar-refractivity contribution in [2.24, 2.45) is 0 Å². The number of imidazole rings is 1. The van der Waals surface area contributed by atoms with Gasteiger partial charge in [-0.25, -0.2) is 17.7 Å². The molecule has 3 aromatic rings. The monoisotopic (exact) mass is 427 g/mol. The molecule has 26 heavy (non-hydrogen) atoms. The molecule has 0 aliphatic carbocycles. The SMILES string of the molecule is C=C/C=C(\C=C)N1c2nc3cc(Br)ccc3n2-c2ccccc2S1(=O)=O. The second-order valence-corrected chi connectivity index (χ2v) is 8.32. The number of nitrogens with zero attached hydrogens (tertiary/aromatic N) is 3. The maximum atomic E-state index is 13.3. The number of rotatable bonds is 3. The summed E-state index contributed by atoms with van der Waals surface area (Å²) in [5, 5.41) is 0. The van der Waals surface area contributed by atoms with Gasteiger partial charge in [-0.15, -0.1) is 0 Å². The number of benzene rings is 2. The van der Waals surface area contributed by atoms with Crippen molar-refractivity contribution in [3.8, 4) is 5.69 Å². The van der Waals surface area contributed by atoms with E-state index in [0.29, 0.717) is 22.8 Å². The predicted molar refractivity (Wildman–Crippen MR) is 107 cm³/mol. The van der Waals surface area contributed by atoms with Crippen molar-refractivity contribution in [1.29, 1.82) is 0 Å². The van der Waals surface area contributed by atoms with Crippen molar-refractivity contribution >= 4 is 42.9 Å². The van der Waals surface area contributed by atoms with E-state index in [9.17, 15) is 8.42 Å². The Hall–Kier alpha value is -2.64. The lowest BCUT2D eigenvalue weighted by Gasteiger charge is -2.30. The average molecular weight is 428 g/mol. The van der Waals surface area contributed by atoms with Gasteiger partial charge in [-0.05, 0) is 42.5 Å². The van der Waals surface area contributed by atoms with Gasteiger partial charge in [0.1, 0.15) is 4.90 Å². The van der Waals surface area contributed by atoms with E-state index < -0.39 is 10.0 Å². The van der Waals surface area contributed by atoms with Gasteiger partial charge in [-0.3, -0.25) is 4.57 Å². The van der Waals surface area contributed by atoms with Crippen LogP contribution in [0, 0.1) is 0 Å². The Kier molecular flexibility index (Phi) is 3.86. The van der Waals surface area contributed by atoms with Crippen molar-refractivity contribution in [3.05, 3.63) is 84.0 Å². The molecule has 1 aliphatic heterocycles. The summed E-state index contributed by atoms with van der Waals surface area (Å²) < 4.78 is 30.6. The number of hydrogen-bond acceptors (Lipinski definition) is 3. The lowest BCUT2D eigenvalue weighted by atomic mass is 10.2. The Morgan fingerprint density at radius 1 is 1.15 bits per heavy atom. The maximum Gasteiger partial charge on any atom is 0.273 e. The van der Waals surface area contributed by atoms with Gasteiger partial charge in [0.2, 0.25) is 5.95 Å². The van der Waals surface area contributed by atoms with Crippen LogP contribution in [-0.4, -0.2) is 18.0 Å². The molecule has 0 spiro atoms. The van der Waals surface area contributed by atoms with Gasteiger partial charge in [-0.2, -0.15) is 0 Å². The lowest BCUT2D eigenvalue weighted by Crippen LogP contribution is -2.36. The summed E-state index contributed by atoms with van der Waals surface area (Å²) in [5.74, 6) is 0.296. The molecule has 0 fully saturated rings. The molecule has 0 bridgehead atoms. The standard InChI is InChI=1S/C19H14BrN3O2S/c1-3-7-14(4-2)23-19-21-15-12-13(20)10-11-16(15)22(19)17-8-5-6-9-18(17)26(23,24)25/h3-12H,1-2H2/b14-7+. The van der Waals surface area contributed by atoms with Crippen molar-refractivity contribution < 1.29 is 8.42 Å². The molecule has 5 nitrogen and oxygen atoms in total. The fourth-order valence-corrected chi connectivity index (χ4v) is 5.04. The topological polar surface area (TPSA) is 55.2 Å². The van der Waals surface area contributed by atoms with Crippen LogP contribution in [0.4, 0.5) is 5.95 Å². The number of halogens is 1.